The van der Waals surface area contributed by atoms with Crippen LogP contribution in [-0.2, 0) is 0 Å². The van der Waals surface area contributed by atoms with E-state index in [0.717, 1.165) is 18.4 Å². The molecule has 2 nitrogen and oxygen atoms in total. The topological polar surface area (TPSA) is 15.3 Å². The molecule has 1 saturated heterocycles. The first-order valence-electron chi connectivity index (χ1n) is 8.33. The maximum atomic E-state index is 3.30. The van der Waals surface area contributed by atoms with Crippen LogP contribution in [0.3, 0.4) is 0 Å². The highest BCUT2D eigenvalue weighted by Gasteiger charge is 2.28. The predicted molar refractivity (Wildman–Crippen MR) is 86.8 cm³/mol. The lowest BCUT2D eigenvalue weighted by Crippen LogP contribution is -2.29. The van der Waals surface area contributed by atoms with E-state index >= 15 is 0 Å². The van der Waals surface area contributed by atoms with Crippen LogP contribution < -0.4 is 10.2 Å². The molecule has 1 heterocycles. The molecule has 0 unspecified atom stereocenters. The van der Waals surface area contributed by atoms with Crippen LogP contribution >= 0.6 is 0 Å². The van der Waals surface area contributed by atoms with Gasteiger partial charge >= 0.3 is 0 Å². The summed E-state index contributed by atoms with van der Waals surface area (Å²) in [6.07, 6.45) is 6.73. The number of piperidine rings is 1. The van der Waals surface area contributed by atoms with Crippen molar-refractivity contribution in [2.24, 2.45) is 0 Å². The minimum atomic E-state index is 0.733. The van der Waals surface area contributed by atoms with Crippen LogP contribution in [0.5, 0.6) is 0 Å². The number of nitrogens with zero attached hydrogens (tertiary/aromatic N) is 1. The van der Waals surface area contributed by atoms with E-state index in [-0.39, 0.29) is 0 Å². The van der Waals surface area contributed by atoms with Crippen molar-refractivity contribution >= 4 is 5.69 Å². The van der Waals surface area contributed by atoms with Crippen LogP contribution in [0, 0.1) is 0 Å². The number of anilines is 1. The van der Waals surface area contributed by atoms with E-state index in [1.165, 1.54) is 50.9 Å². The van der Waals surface area contributed by atoms with Crippen molar-refractivity contribution in [3.05, 3.63) is 29.3 Å². The number of nitrogens with one attached hydrogen (secondary N) is 1. The first-order chi connectivity index (χ1) is 9.79. The van der Waals surface area contributed by atoms with Gasteiger partial charge in [-0.25, -0.2) is 0 Å². The second-order valence-corrected chi connectivity index (χ2v) is 6.59. The monoisotopic (exact) mass is 272 g/mol. The van der Waals surface area contributed by atoms with Gasteiger partial charge in [0.25, 0.3) is 0 Å². The van der Waals surface area contributed by atoms with Gasteiger partial charge in [-0.15, -0.1) is 0 Å². The van der Waals surface area contributed by atoms with Gasteiger partial charge in [-0.05, 0) is 80.8 Å². The second kappa shape index (κ2) is 6.17. The van der Waals surface area contributed by atoms with E-state index < -0.39 is 0 Å². The summed E-state index contributed by atoms with van der Waals surface area (Å²) in [7, 11) is 2.05. The fourth-order valence-electron chi connectivity index (χ4n) is 3.98. The zero-order valence-corrected chi connectivity index (χ0v) is 13.0. The van der Waals surface area contributed by atoms with E-state index in [4.69, 9.17) is 0 Å². The lowest BCUT2D eigenvalue weighted by Gasteiger charge is -2.29. The Bertz CT molecular complexity index is 449. The Kier molecular flexibility index (Phi) is 4.30. The maximum Gasteiger partial charge on any atom is 0.0369 e. The number of hydrogen-bond acceptors (Lipinski definition) is 2. The minimum Gasteiger partial charge on any atom is -0.372 e. The summed E-state index contributed by atoms with van der Waals surface area (Å²) < 4.78 is 0. The summed E-state index contributed by atoms with van der Waals surface area (Å²) in [6.45, 7) is 6.02. The highest BCUT2D eigenvalue weighted by atomic mass is 15.1. The van der Waals surface area contributed by atoms with Crippen LogP contribution in [0.25, 0.3) is 0 Å². The molecule has 0 bridgehead atoms. The van der Waals surface area contributed by atoms with Gasteiger partial charge in [0.15, 0.2) is 0 Å². The van der Waals surface area contributed by atoms with E-state index in [0.29, 0.717) is 0 Å². The Labute approximate surface area is 123 Å². The van der Waals surface area contributed by atoms with Crippen molar-refractivity contribution in [2.75, 3.05) is 31.6 Å². The van der Waals surface area contributed by atoms with Gasteiger partial charge in [-0.2, -0.15) is 0 Å². The summed E-state index contributed by atoms with van der Waals surface area (Å²) in [5.74, 6) is 1.50. The summed E-state index contributed by atoms with van der Waals surface area (Å²) >= 11 is 0. The summed E-state index contributed by atoms with van der Waals surface area (Å²) in [5.41, 5.74) is 4.70. The minimum absolute atomic E-state index is 0.733. The largest absolute Gasteiger partial charge is 0.372 e. The number of benzene rings is 1. The van der Waals surface area contributed by atoms with Gasteiger partial charge in [0.2, 0.25) is 0 Å². The molecule has 0 spiro atoms. The van der Waals surface area contributed by atoms with Crippen LogP contribution in [0.4, 0.5) is 5.69 Å². The Morgan fingerprint density at radius 1 is 1.15 bits per heavy atom. The lowest BCUT2D eigenvalue weighted by atomic mass is 9.97. The molecule has 1 fully saturated rings. The molecule has 0 amide bonds. The van der Waals surface area contributed by atoms with E-state index in [1.807, 2.05) is 0 Å². The average Bonchev–Trinajstić information content (AvgIpc) is 2.82. The lowest BCUT2D eigenvalue weighted by molar-refractivity contribution is 0.560. The quantitative estimate of drug-likeness (QED) is 0.895. The number of rotatable bonds is 4. The molecule has 2 atom stereocenters. The third-order valence-corrected chi connectivity index (χ3v) is 5.14. The van der Waals surface area contributed by atoms with Gasteiger partial charge in [0.05, 0.1) is 0 Å². The molecule has 110 valence electrons. The highest BCUT2D eigenvalue weighted by Crippen LogP contribution is 2.44. The molecule has 0 aromatic heterocycles. The maximum absolute atomic E-state index is 3.30. The van der Waals surface area contributed by atoms with Crippen molar-refractivity contribution in [1.29, 1.82) is 0 Å². The van der Waals surface area contributed by atoms with Crippen LogP contribution in [0.15, 0.2) is 18.2 Å². The third kappa shape index (κ3) is 2.71. The average molecular weight is 272 g/mol. The van der Waals surface area contributed by atoms with Crippen LogP contribution in [0.2, 0.25) is 0 Å². The normalized spacial score (nSPS) is 25.8. The Hall–Kier alpha value is -1.02. The second-order valence-electron chi connectivity index (χ2n) is 6.59. The standard InChI is InChI=1S/C18H28N2/c1-14-12-15(8-9-19-2)17-7-6-16(13-18(14)17)20-10-4-3-5-11-20/h6-7,13-15,19H,3-5,8-12H2,1-2H3/t14-,15-/m1/s1. The van der Waals surface area contributed by atoms with Crippen LogP contribution in [0.1, 0.15) is 62.0 Å². The van der Waals surface area contributed by atoms with Gasteiger partial charge in [-0.1, -0.05) is 13.0 Å². The van der Waals surface area contributed by atoms with Gasteiger partial charge < -0.3 is 10.2 Å². The first kappa shape index (κ1) is 13.9. The highest BCUT2D eigenvalue weighted by molar-refractivity contribution is 5.54. The first-order valence-corrected chi connectivity index (χ1v) is 8.33. The van der Waals surface area contributed by atoms with Crippen molar-refractivity contribution < 1.29 is 0 Å². The Balaban J connectivity index is 1.79. The van der Waals surface area contributed by atoms with Crippen LogP contribution in [-0.4, -0.2) is 26.7 Å². The molecular weight excluding hydrogens is 244 g/mol. The Morgan fingerprint density at radius 2 is 1.95 bits per heavy atom. The van der Waals surface area contributed by atoms with Crippen molar-refractivity contribution in [2.45, 2.75) is 50.9 Å². The van der Waals surface area contributed by atoms with Gasteiger partial charge in [-0.3, -0.25) is 0 Å². The van der Waals surface area contributed by atoms with Crippen molar-refractivity contribution in [1.82, 2.24) is 5.32 Å². The summed E-state index contributed by atoms with van der Waals surface area (Å²) in [4.78, 5) is 2.58. The molecule has 1 N–H and O–H groups in total. The SMILES string of the molecule is CNCC[C@@H]1C[C@@H](C)c2cc(N3CCCCC3)ccc21. The molecule has 1 aliphatic carbocycles. The summed E-state index contributed by atoms with van der Waals surface area (Å²) in [5, 5.41) is 3.30. The zero-order valence-electron chi connectivity index (χ0n) is 13.0. The molecule has 1 aliphatic heterocycles. The fraction of sp³-hybridized carbons (Fsp3) is 0.667. The molecule has 0 radical (unpaired) electrons. The molecule has 2 heteroatoms. The van der Waals surface area contributed by atoms with E-state index in [2.05, 4.69) is 42.4 Å². The molecule has 1 aromatic rings. The number of hydrogen-bond donors (Lipinski definition) is 1. The zero-order chi connectivity index (χ0) is 13.9. The van der Waals surface area contributed by atoms with E-state index in [1.54, 1.807) is 11.1 Å². The van der Waals surface area contributed by atoms with Crippen molar-refractivity contribution in [3.63, 3.8) is 0 Å². The van der Waals surface area contributed by atoms with Gasteiger partial charge in [0.1, 0.15) is 0 Å². The van der Waals surface area contributed by atoms with Crippen molar-refractivity contribution in [3.8, 4) is 0 Å². The molecular formula is C18H28N2. The third-order valence-electron chi connectivity index (χ3n) is 5.14. The van der Waals surface area contributed by atoms with Gasteiger partial charge in [0, 0.05) is 18.8 Å². The number of fused-ring (bicyclic) bond motifs is 1. The Morgan fingerprint density at radius 3 is 2.70 bits per heavy atom. The molecule has 3 rings (SSSR count). The predicted octanol–water partition coefficient (Wildman–Crippen LogP) is 3.88. The van der Waals surface area contributed by atoms with E-state index in [9.17, 15) is 0 Å². The molecule has 0 saturated carbocycles. The smallest absolute Gasteiger partial charge is 0.0369 e. The molecule has 20 heavy (non-hydrogen) atoms. The molecule has 1 aromatic carbocycles. The fourth-order valence-corrected chi connectivity index (χ4v) is 3.98. The summed E-state index contributed by atoms with van der Waals surface area (Å²) in [6, 6.07) is 7.28. The molecule has 2 aliphatic rings.